The fourth-order valence-electron chi connectivity index (χ4n) is 1.76. The van der Waals surface area contributed by atoms with E-state index in [4.69, 9.17) is 17.3 Å². The molecule has 1 aromatic heterocycles. The van der Waals surface area contributed by atoms with Crippen molar-refractivity contribution < 1.29 is 0 Å². The molecule has 6 heteroatoms. The molecule has 0 amide bonds. The number of rotatable bonds is 2. The zero-order valence-electron chi connectivity index (χ0n) is 9.36. The molecule has 1 aliphatic rings. The van der Waals surface area contributed by atoms with E-state index in [-0.39, 0.29) is 0 Å². The van der Waals surface area contributed by atoms with Gasteiger partial charge in [-0.2, -0.15) is 0 Å². The van der Waals surface area contributed by atoms with E-state index in [2.05, 4.69) is 26.8 Å². The monoisotopic (exact) mass is 241 g/mol. The van der Waals surface area contributed by atoms with Gasteiger partial charge in [0.2, 0.25) is 0 Å². The Kier molecular flexibility index (Phi) is 3.58. The third-order valence-corrected chi connectivity index (χ3v) is 2.92. The highest BCUT2D eigenvalue weighted by atomic mass is 35.5. The highest BCUT2D eigenvalue weighted by molar-refractivity contribution is 6.29. The van der Waals surface area contributed by atoms with Crippen molar-refractivity contribution in [2.75, 3.05) is 39.0 Å². The molecule has 0 atom stereocenters. The third kappa shape index (κ3) is 3.04. The van der Waals surface area contributed by atoms with Crippen LogP contribution in [0, 0.1) is 0 Å². The number of hydrogen-bond donors (Lipinski definition) is 1. The van der Waals surface area contributed by atoms with Gasteiger partial charge in [0.1, 0.15) is 16.8 Å². The van der Waals surface area contributed by atoms with Crippen LogP contribution in [-0.2, 0) is 6.54 Å². The first-order chi connectivity index (χ1) is 7.63. The highest BCUT2D eigenvalue weighted by Crippen LogP contribution is 2.11. The molecule has 88 valence electrons. The van der Waals surface area contributed by atoms with E-state index in [0.29, 0.717) is 16.8 Å². The molecule has 0 saturated carbocycles. The molecule has 0 aliphatic carbocycles. The van der Waals surface area contributed by atoms with Gasteiger partial charge in [0.25, 0.3) is 0 Å². The fourth-order valence-corrected chi connectivity index (χ4v) is 1.97. The lowest BCUT2D eigenvalue weighted by Crippen LogP contribution is -2.44. The van der Waals surface area contributed by atoms with Crippen molar-refractivity contribution in [2.24, 2.45) is 0 Å². The van der Waals surface area contributed by atoms with Crippen LogP contribution in [-0.4, -0.2) is 53.0 Å². The molecule has 0 aromatic carbocycles. The zero-order chi connectivity index (χ0) is 11.5. The molecule has 1 aliphatic heterocycles. The van der Waals surface area contributed by atoms with E-state index in [0.717, 1.165) is 32.7 Å². The Morgan fingerprint density at radius 2 is 2.00 bits per heavy atom. The summed E-state index contributed by atoms with van der Waals surface area (Å²) < 4.78 is 0. The number of piperazine rings is 1. The van der Waals surface area contributed by atoms with Crippen molar-refractivity contribution in [3.63, 3.8) is 0 Å². The summed E-state index contributed by atoms with van der Waals surface area (Å²) in [7, 11) is 2.13. The van der Waals surface area contributed by atoms with Crippen LogP contribution in [0.5, 0.6) is 0 Å². The van der Waals surface area contributed by atoms with Crippen LogP contribution in [0.2, 0.25) is 5.15 Å². The first-order valence-electron chi connectivity index (χ1n) is 5.33. The Bertz CT molecular complexity index is 342. The van der Waals surface area contributed by atoms with Crippen LogP contribution >= 0.6 is 11.6 Å². The van der Waals surface area contributed by atoms with Crippen molar-refractivity contribution >= 4 is 17.4 Å². The van der Waals surface area contributed by atoms with Crippen molar-refractivity contribution in [2.45, 2.75) is 6.54 Å². The maximum absolute atomic E-state index is 5.83. The molecule has 0 unspecified atom stereocenters. The standard InChI is InChI=1S/C10H16ClN5/c1-15-2-4-16(5-3-15)7-10-13-8(11)6-9(12)14-10/h6H,2-5,7H2,1H3,(H2,12,13,14). The summed E-state index contributed by atoms with van der Waals surface area (Å²) in [6.45, 7) is 4.95. The Morgan fingerprint density at radius 3 is 2.62 bits per heavy atom. The lowest BCUT2D eigenvalue weighted by atomic mass is 10.3. The number of nitrogens with zero attached hydrogens (tertiary/aromatic N) is 4. The Labute approximate surface area is 100 Å². The SMILES string of the molecule is CN1CCN(Cc2nc(N)cc(Cl)n2)CC1. The number of halogens is 1. The van der Waals surface area contributed by atoms with Gasteiger partial charge >= 0.3 is 0 Å². The van der Waals surface area contributed by atoms with Crippen LogP contribution in [0.4, 0.5) is 5.82 Å². The third-order valence-electron chi connectivity index (χ3n) is 2.72. The molecular formula is C10H16ClN5. The predicted octanol–water partition coefficient (Wildman–Crippen LogP) is 0.460. The Hall–Kier alpha value is -0.910. The first kappa shape index (κ1) is 11.6. The minimum Gasteiger partial charge on any atom is -0.384 e. The molecule has 1 fully saturated rings. The normalized spacial score (nSPS) is 18.9. The van der Waals surface area contributed by atoms with E-state index in [1.54, 1.807) is 6.07 Å². The summed E-state index contributed by atoms with van der Waals surface area (Å²) >= 11 is 5.83. The number of anilines is 1. The lowest BCUT2D eigenvalue weighted by molar-refractivity contribution is 0.145. The van der Waals surface area contributed by atoms with Crippen molar-refractivity contribution in [1.82, 2.24) is 19.8 Å². The number of nitrogen functional groups attached to an aromatic ring is 1. The second-order valence-electron chi connectivity index (χ2n) is 4.11. The summed E-state index contributed by atoms with van der Waals surface area (Å²) in [5.74, 6) is 1.14. The highest BCUT2D eigenvalue weighted by Gasteiger charge is 2.15. The molecular weight excluding hydrogens is 226 g/mol. The van der Waals surface area contributed by atoms with Crippen molar-refractivity contribution in [3.8, 4) is 0 Å². The van der Waals surface area contributed by atoms with E-state index in [1.165, 1.54) is 0 Å². The van der Waals surface area contributed by atoms with Gasteiger partial charge in [-0.15, -0.1) is 0 Å². The summed E-state index contributed by atoms with van der Waals surface area (Å²) in [6, 6.07) is 1.56. The topological polar surface area (TPSA) is 58.3 Å². The predicted molar refractivity (Wildman–Crippen MR) is 64.2 cm³/mol. The Balaban J connectivity index is 1.98. The minimum atomic E-state index is 0.414. The van der Waals surface area contributed by atoms with Gasteiger partial charge < -0.3 is 10.6 Å². The first-order valence-corrected chi connectivity index (χ1v) is 5.71. The molecule has 5 nitrogen and oxygen atoms in total. The number of nitrogens with two attached hydrogens (primary N) is 1. The van der Waals surface area contributed by atoms with E-state index in [1.807, 2.05) is 0 Å². The quantitative estimate of drug-likeness (QED) is 0.763. The van der Waals surface area contributed by atoms with Gasteiger partial charge in [-0.05, 0) is 7.05 Å². The number of hydrogen-bond acceptors (Lipinski definition) is 5. The molecule has 2 N–H and O–H groups in total. The van der Waals surface area contributed by atoms with Gasteiger partial charge in [-0.25, -0.2) is 9.97 Å². The second-order valence-corrected chi connectivity index (χ2v) is 4.50. The van der Waals surface area contributed by atoms with Crippen LogP contribution in [0.15, 0.2) is 6.07 Å². The van der Waals surface area contributed by atoms with Gasteiger partial charge in [0.15, 0.2) is 0 Å². The smallest absolute Gasteiger partial charge is 0.146 e. The summed E-state index contributed by atoms with van der Waals surface area (Å²) in [5, 5.41) is 0.414. The second kappa shape index (κ2) is 4.95. The molecule has 2 rings (SSSR count). The molecule has 1 aromatic rings. The fraction of sp³-hybridized carbons (Fsp3) is 0.600. The summed E-state index contributed by atoms with van der Waals surface area (Å²) in [4.78, 5) is 13.0. The summed E-state index contributed by atoms with van der Waals surface area (Å²) in [5.41, 5.74) is 5.62. The average molecular weight is 242 g/mol. The minimum absolute atomic E-state index is 0.414. The molecule has 2 heterocycles. The van der Waals surface area contributed by atoms with Crippen molar-refractivity contribution in [3.05, 3.63) is 17.0 Å². The summed E-state index contributed by atoms with van der Waals surface area (Å²) in [6.07, 6.45) is 0. The van der Waals surface area contributed by atoms with Gasteiger partial charge in [-0.1, -0.05) is 11.6 Å². The van der Waals surface area contributed by atoms with Crippen LogP contribution in [0.1, 0.15) is 5.82 Å². The van der Waals surface area contributed by atoms with E-state index < -0.39 is 0 Å². The maximum Gasteiger partial charge on any atom is 0.146 e. The molecule has 16 heavy (non-hydrogen) atoms. The molecule has 1 saturated heterocycles. The zero-order valence-corrected chi connectivity index (χ0v) is 10.1. The number of likely N-dealkylation sites (N-methyl/N-ethyl adjacent to an activating group) is 1. The van der Waals surface area contributed by atoms with E-state index in [9.17, 15) is 0 Å². The van der Waals surface area contributed by atoms with Gasteiger partial charge in [0, 0.05) is 32.2 Å². The average Bonchev–Trinajstić information content (AvgIpc) is 2.20. The van der Waals surface area contributed by atoms with Crippen LogP contribution in [0.3, 0.4) is 0 Å². The van der Waals surface area contributed by atoms with Gasteiger partial charge in [0.05, 0.1) is 6.54 Å². The van der Waals surface area contributed by atoms with Crippen molar-refractivity contribution in [1.29, 1.82) is 0 Å². The van der Waals surface area contributed by atoms with Crippen LogP contribution < -0.4 is 5.73 Å². The van der Waals surface area contributed by atoms with Gasteiger partial charge in [-0.3, -0.25) is 4.90 Å². The van der Waals surface area contributed by atoms with E-state index >= 15 is 0 Å². The Morgan fingerprint density at radius 1 is 1.31 bits per heavy atom. The van der Waals surface area contributed by atoms with Crippen LogP contribution in [0.25, 0.3) is 0 Å². The molecule has 0 bridgehead atoms. The lowest BCUT2D eigenvalue weighted by Gasteiger charge is -2.31. The molecule has 0 spiro atoms. The number of aromatic nitrogens is 2. The maximum atomic E-state index is 5.83. The molecule has 0 radical (unpaired) electrons. The largest absolute Gasteiger partial charge is 0.384 e.